The summed E-state index contributed by atoms with van der Waals surface area (Å²) in [6, 6.07) is 6.36. The van der Waals surface area contributed by atoms with Gasteiger partial charge in [-0.3, -0.25) is 9.59 Å². The van der Waals surface area contributed by atoms with Crippen molar-refractivity contribution in [2.75, 3.05) is 13.1 Å². The molecule has 122 valence electrons. The Labute approximate surface area is 125 Å². The molecule has 0 radical (unpaired) electrons. The molecule has 0 aliphatic rings. The first kappa shape index (κ1) is 18.0. The Morgan fingerprint density at radius 3 is 2.14 bits per heavy atom. The average Bonchev–Trinajstić information content (AvgIpc) is 2.49. The topological polar surface area (TPSA) is 78.4 Å². The number of carbonyl (C=O) groups is 2. The summed E-state index contributed by atoms with van der Waals surface area (Å²) < 4.78 is 39.4. The number of rotatable bonds is 5. The Hall–Kier alpha value is -2.09. The van der Waals surface area contributed by atoms with Crippen LogP contribution in [0.5, 0.6) is 0 Å². The van der Waals surface area contributed by atoms with Gasteiger partial charge in [-0.15, -0.1) is 0 Å². The van der Waals surface area contributed by atoms with Crippen LogP contribution in [0.1, 0.15) is 18.9 Å². The van der Waals surface area contributed by atoms with Gasteiger partial charge in [-0.25, -0.2) is 0 Å². The fraction of sp³-hybridized carbons (Fsp3) is 0.429. The van der Waals surface area contributed by atoms with Crippen LogP contribution in [-0.4, -0.2) is 36.2 Å². The lowest BCUT2D eigenvalue weighted by atomic mass is 9.93. The highest BCUT2D eigenvalue weighted by Crippen LogP contribution is 2.38. The zero-order valence-electron chi connectivity index (χ0n) is 11.9. The van der Waals surface area contributed by atoms with Crippen molar-refractivity contribution in [1.29, 1.82) is 0 Å². The summed E-state index contributed by atoms with van der Waals surface area (Å²) in [7, 11) is 0. The molecular formula is C14H17F3N2O3. The van der Waals surface area contributed by atoms with Crippen molar-refractivity contribution in [2.24, 2.45) is 0 Å². The molecule has 1 rings (SSSR count). The highest BCUT2D eigenvalue weighted by molar-refractivity contribution is 6.35. The van der Waals surface area contributed by atoms with Crippen LogP contribution in [0.4, 0.5) is 13.2 Å². The number of halogens is 3. The summed E-state index contributed by atoms with van der Waals surface area (Å²) in [6.07, 6.45) is -4.43. The summed E-state index contributed by atoms with van der Waals surface area (Å²) >= 11 is 0. The Bertz CT molecular complexity index is 520. The zero-order chi connectivity index (χ0) is 16.8. The van der Waals surface area contributed by atoms with E-state index in [4.69, 9.17) is 0 Å². The molecule has 1 aromatic rings. The molecule has 1 atom stereocenters. The van der Waals surface area contributed by atoms with Crippen LogP contribution in [0.25, 0.3) is 0 Å². The van der Waals surface area contributed by atoms with Crippen LogP contribution in [0.15, 0.2) is 30.3 Å². The summed E-state index contributed by atoms with van der Waals surface area (Å²) in [5, 5.41) is 14.0. The van der Waals surface area contributed by atoms with Gasteiger partial charge in [0.15, 0.2) is 0 Å². The largest absolute Gasteiger partial charge is 0.423 e. The molecule has 3 N–H and O–H groups in total. The number of benzene rings is 1. The summed E-state index contributed by atoms with van der Waals surface area (Å²) in [4.78, 5) is 22.8. The van der Waals surface area contributed by atoms with Gasteiger partial charge < -0.3 is 15.7 Å². The van der Waals surface area contributed by atoms with Gasteiger partial charge in [0, 0.05) is 6.54 Å². The first-order chi connectivity index (χ1) is 10.2. The van der Waals surface area contributed by atoms with Gasteiger partial charge in [0.25, 0.3) is 0 Å². The fourth-order valence-corrected chi connectivity index (χ4v) is 1.69. The molecule has 1 aromatic carbocycles. The maximum absolute atomic E-state index is 13.1. The van der Waals surface area contributed by atoms with E-state index in [9.17, 15) is 27.9 Å². The smallest absolute Gasteiger partial charge is 0.375 e. The lowest BCUT2D eigenvalue weighted by Gasteiger charge is -2.31. The summed E-state index contributed by atoms with van der Waals surface area (Å²) in [5.41, 5.74) is -3.69. The molecule has 0 saturated carbocycles. The molecule has 0 aliphatic carbocycles. The summed E-state index contributed by atoms with van der Waals surface area (Å²) in [6.45, 7) is 0.837. The fourth-order valence-electron chi connectivity index (χ4n) is 1.69. The third-order valence-corrected chi connectivity index (χ3v) is 2.97. The monoisotopic (exact) mass is 318 g/mol. The van der Waals surface area contributed by atoms with Gasteiger partial charge in [0.2, 0.25) is 5.60 Å². The van der Waals surface area contributed by atoms with Crippen molar-refractivity contribution < 1.29 is 27.9 Å². The molecule has 0 spiro atoms. The molecule has 1 unspecified atom stereocenters. The SMILES string of the molecule is CCCNC(=O)C(=O)NCC(O)(c1ccccc1)C(F)(F)F. The predicted octanol–water partition coefficient (Wildman–Crippen LogP) is 1.08. The van der Waals surface area contributed by atoms with Crippen LogP contribution in [0.2, 0.25) is 0 Å². The first-order valence-corrected chi connectivity index (χ1v) is 6.63. The number of alkyl halides is 3. The Morgan fingerprint density at radius 2 is 1.64 bits per heavy atom. The average molecular weight is 318 g/mol. The minimum absolute atomic E-state index is 0.231. The van der Waals surface area contributed by atoms with E-state index in [0.717, 1.165) is 12.1 Å². The Kier molecular flexibility index (Phi) is 5.92. The van der Waals surface area contributed by atoms with Crippen LogP contribution in [-0.2, 0) is 15.2 Å². The number of amides is 2. The molecule has 0 heterocycles. The molecule has 2 amide bonds. The third kappa shape index (κ3) is 4.20. The normalized spacial score (nSPS) is 14.0. The van der Waals surface area contributed by atoms with Crippen molar-refractivity contribution >= 4 is 11.8 Å². The minimum atomic E-state index is -5.01. The van der Waals surface area contributed by atoms with E-state index in [1.807, 2.05) is 5.32 Å². The van der Waals surface area contributed by atoms with Crippen molar-refractivity contribution in [3.05, 3.63) is 35.9 Å². The second-order valence-corrected chi connectivity index (χ2v) is 4.66. The summed E-state index contributed by atoms with van der Waals surface area (Å²) in [5.74, 6) is -2.27. The van der Waals surface area contributed by atoms with Crippen LogP contribution in [0, 0.1) is 0 Å². The lowest BCUT2D eigenvalue weighted by molar-refractivity contribution is -0.264. The van der Waals surface area contributed by atoms with E-state index in [-0.39, 0.29) is 6.54 Å². The Morgan fingerprint density at radius 1 is 1.09 bits per heavy atom. The second kappa shape index (κ2) is 7.26. The maximum atomic E-state index is 13.1. The van der Waals surface area contributed by atoms with Gasteiger partial charge in [-0.1, -0.05) is 37.3 Å². The van der Waals surface area contributed by atoms with E-state index in [1.54, 1.807) is 6.92 Å². The van der Waals surface area contributed by atoms with Crippen LogP contribution in [0.3, 0.4) is 0 Å². The van der Waals surface area contributed by atoms with E-state index in [1.165, 1.54) is 18.2 Å². The molecule has 0 aromatic heterocycles. The third-order valence-electron chi connectivity index (χ3n) is 2.97. The van der Waals surface area contributed by atoms with E-state index in [2.05, 4.69) is 5.32 Å². The van der Waals surface area contributed by atoms with Crippen LogP contribution < -0.4 is 10.6 Å². The first-order valence-electron chi connectivity index (χ1n) is 6.63. The van der Waals surface area contributed by atoms with Gasteiger partial charge in [-0.05, 0) is 12.0 Å². The standard InChI is InChI=1S/C14H17F3N2O3/c1-2-8-18-11(20)12(21)19-9-13(22,14(15,16)17)10-6-4-3-5-7-10/h3-7,22H,2,8-9H2,1H3,(H,18,20)(H,19,21). The van der Waals surface area contributed by atoms with Gasteiger partial charge in [-0.2, -0.15) is 13.2 Å². The molecule has 0 fully saturated rings. The zero-order valence-corrected chi connectivity index (χ0v) is 11.9. The van der Waals surface area contributed by atoms with Crippen molar-refractivity contribution in [1.82, 2.24) is 10.6 Å². The molecule has 22 heavy (non-hydrogen) atoms. The van der Waals surface area contributed by atoms with Crippen molar-refractivity contribution in [3.63, 3.8) is 0 Å². The molecule has 8 heteroatoms. The molecule has 0 bridgehead atoms. The number of hydrogen-bond donors (Lipinski definition) is 3. The number of carbonyl (C=O) groups excluding carboxylic acids is 2. The second-order valence-electron chi connectivity index (χ2n) is 4.66. The van der Waals surface area contributed by atoms with Crippen molar-refractivity contribution in [3.8, 4) is 0 Å². The van der Waals surface area contributed by atoms with E-state index >= 15 is 0 Å². The quantitative estimate of drug-likeness (QED) is 0.711. The highest BCUT2D eigenvalue weighted by Gasteiger charge is 2.55. The van der Waals surface area contributed by atoms with Gasteiger partial charge in [0.05, 0.1) is 6.54 Å². The van der Waals surface area contributed by atoms with Gasteiger partial charge in [0.1, 0.15) is 0 Å². The highest BCUT2D eigenvalue weighted by atomic mass is 19.4. The Balaban J connectivity index is 2.85. The van der Waals surface area contributed by atoms with Crippen molar-refractivity contribution in [2.45, 2.75) is 25.1 Å². The number of aliphatic hydroxyl groups is 1. The minimum Gasteiger partial charge on any atom is -0.375 e. The van der Waals surface area contributed by atoms with E-state index < -0.39 is 35.7 Å². The molecule has 5 nitrogen and oxygen atoms in total. The molecular weight excluding hydrogens is 301 g/mol. The molecule has 0 saturated heterocycles. The number of nitrogens with one attached hydrogen (secondary N) is 2. The maximum Gasteiger partial charge on any atom is 0.423 e. The predicted molar refractivity (Wildman–Crippen MR) is 72.7 cm³/mol. The number of hydrogen-bond acceptors (Lipinski definition) is 3. The molecule has 0 aliphatic heterocycles. The lowest BCUT2D eigenvalue weighted by Crippen LogP contribution is -2.53. The van der Waals surface area contributed by atoms with Crippen LogP contribution >= 0.6 is 0 Å². The van der Waals surface area contributed by atoms with E-state index in [0.29, 0.717) is 6.42 Å². The van der Waals surface area contributed by atoms with Gasteiger partial charge >= 0.3 is 18.0 Å².